The van der Waals surface area contributed by atoms with Gasteiger partial charge in [-0.25, -0.2) is 18.0 Å². The topological polar surface area (TPSA) is 164 Å². The van der Waals surface area contributed by atoms with E-state index in [4.69, 9.17) is 38.4 Å². The number of alkyl halides is 2. The molecule has 2 aliphatic rings. The van der Waals surface area contributed by atoms with Crippen LogP contribution in [0.2, 0.25) is 10.0 Å². The first-order chi connectivity index (χ1) is 22.3. The van der Waals surface area contributed by atoms with Crippen LogP contribution in [0, 0.1) is 11.1 Å². The number of halogens is 4. The monoisotopic (exact) mass is 732 g/mol. The number of nitrogens with one attached hydrogen (secondary N) is 1. The molecule has 2 aromatic carbocycles. The average molecular weight is 734 g/mol. The van der Waals surface area contributed by atoms with Crippen molar-refractivity contribution < 1.29 is 45.7 Å². The Kier molecular flexibility index (Phi) is 10.9. The molecule has 1 saturated carbocycles. The van der Waals surface area contributed by atoms with Gasteiger partial charge in [0.2, 0.25) is 10.0 Å². The molecule has 1 aromatic heterocycles. The van der Waals surface area contributed by atoms with Crippen LogP contribution in [0.3, 0.4) is 0 Å². The number of carbonyl (C=O) groups excluding carboxylic acids is 2. The van der Waals surface area contributed by atoms with Gasteiger partial charge in [-0.05, 0) is 54.7 Å². The number of anilines is 1. The maximum Gasteiger partial charge on any atom is 0.387 e. The van der Waals surface area contributed by atoms with Crippen LogP contribution in [0.15, 0.2) is 59.8 Å². The van der Waals surface area contributed by atoms with Crippen molar-refractivity contribution in [3.63, 3.8) is 0 Å². The quantitative estimate of drug-likeness (QED) is 0.138. The summed E-state index contributed by atoms with van der Waals surface area (Å²) < 4.78 is 71.4. The fourth-order valence-electron chi connectivity index (χ4n) is 4.76. The molecule has 12 nitrogen and oxygen atoms in total. The first-order valence-electron chi connectivity index (χ1n) is 14.1. The van der Waals surface area contributed by atoms with Gasteiger partial charge in [0.1, 0.15) is 16.1 Å². The minimum atomic E-state index is -4.27. The number of sulfonamides is 1. The molecular formula is C29H28Cl2F2N4O8S2. The lowest BCUT2D eigenvalue weighted by atomic mass is 10.0. The Bertz CT molecular complexity index is 1740. The van der Waals surface area contributed by atoms with Crippen molar-refractivity contribution in [2.45, 2.75) is 42.2 Å². The second-order valence-electron chi connectivity index (χ2n) is 10.6. The maximum absolute atomic E-state index is 13.8. The predicted molar refractivity (Wildman–Crippen MR) is 169 cm³/mol. The smallest absolute Gasteiger partial charge is 0.387 e. The number of hydrogen-bond acceptors (Lipinski definition) is 9. The fraction of sp³-hybridized carbons (Fsp3) is 0.345. The Labute approximate surface area is 282 Å². The van der Waals surface area contributed by atoms with Gasteiger partial charge in [-0.1, -0.05) is 35.3 Å². The van der Waals surface area contributed by atoms with Gasteiger partial charge in [-0.3, -0.25) is 0 Å². The van der Waals surface area contributed by atoms with Gasteiger partial charge in [0.15, 0.2) is 29.3 Å². The van der Waals surface area contributed by atoms with Crippen molar-refractivity contribution >= 4 is 62.7 Å². The molecule has 1 aliphatic heterocycles. The van der Waals surface area contributed by atoms with Crippen molar-refractivity contribution in [2.24, 2.45) is 11.7 Å². The molecule has 2 amide bonds. The summed E-state index contributed by atoms with van der Waals surface area (Å²) in [6.45, 7) is -2.89. The molecule has 1 saturated heterocycles. The van der Waals surface area contributed by atoms with E-state index in [9.17, 15) is 32.0 Å². The van der Waals surface area contributed by atoms with Gasteiger partial charge in [0, 0.05) is 30.0 Å². The van der Waals surface area contributed by atoms with Gasteiger partial charge < -0.3 is 30.5 Å². The summed E-state index contributed by atoms with van der Waals surface area (Å²) in [4.78, 5) is 24.9. The summed E-state index contributed by atoms with van der Waals surface area (Å²) in [6, 6.07) is 8.53. The van der Waals surface area contributed by atoms with E-state index in [0.29, 0.717) is 4.73 Å². The predicted octanol–water partition coefficient (Wildman–Crippen LogP) is 5.10. The summed E-state index contributed by atoms with van der Waals surface area (Å²) in [7, 11) is -4.27. The Hall–Kier alpha value is -3.57. The zero-order valence-corrected chi connectivity index (χ0v) is 27.5. The number of nitrogens with zero attached hydrogens (tertiary/aromatic N) is 2. The lowest BCUT2D eigenvalue weighted by molar-refractivity contribution is -0.605. The number of nitrogens with two attached hydrogens (primary N) is 1. The van der Waals surface area contributed by atoms with Gasteiger partial charge in [-0.15, -0.1) is 11.8 Å². The highest BCUT2D eigenvalue weighted by molar-refractivity contribution is 8.02. The van der Waals surface area contributed by atoms with Crippen LogP contribution < -0.4 is 25.3 Å². The number of pyridine rings is 1. The third kappa shape index (κ3) is 8.67. The van der Waals surface area contributed by atoms with Crippen molar-refractivity contribution in [1.29, 1.82) is 0 Å². The van der Waals surface area contributed by atoms with Crippen LogP contribution in [0.25, 0.3) is 0 Å². The molecule has 2 heterocycles. The van der Waals surface area contributed by atoms with Crippen molar-refractivity contribution in [2.75, 3.05) is 24.2 Å². The number of hydrogen-bond donors (Lipinski definition) is 2. The molecule has 0 bridgehead atoms. The molecule has 5 rings (SSSR count). The van der Waals surface area contributed by atoms with Crippen LogP contribution in [0.4, 0.5) is 19.3 Å². The average Bonchev–Trinajstić information content (AvgIpc) is 3.69. The standard InChI is InChI=1S/C29H28Cl2F2N4O8S2/c30-21-13-36(40)14-22(31)20(21)12-24(17-6-7-23(45-28(32)33)25(10-17)43-15-16-4-5-16)44-27(38)26-37(8-9-46-26)47(41,42)19-3-1-2-18(11-19)35-29(34)39/h1-3,6-7,10-11,13-14,16,24,26,28H,4-5,8-9,12,15H2,(H3,34,35,39). The second-order valence-corrected chi connectivity index (χ2v) is 14.5. The van der Waals surface area contributed by atoms with Crippen LogP contribution >= 0.6 is 35.0 Å². The summed E-state index contributed by atoms with van der Waals surface area (Å²) in [6.07, 6.45) is 2.62. The molecular weight excluding hydrogens is 705 g/mol. The van der Waals surface area contributed by atoms with E-state index >= 15 is 0 Å². The van der Waals surface area contributed by atoms with Gasteiger partial charge in [0.25, 0.3) is 0 Å². The lowest BCUT2D eigenvalue weighted by Crippen LogP contribution is -2.40. The van der Waals surface area contributed by atoms with Crippen LogP contribution in [0.1, 0.15) is 30.1 Å². The molecule has 47 heavy (non-hydrogen) atoms. The number of thioether (sulfide) groups is 1. The van der Waals surface area contributed by atoms with E-state index in [1.165, 1.54) is 42.5 Å². The Morgan fingerprint density at radius 1 is 1.13 bits per heavy atom. The van der Waals surface area contributed by atoms with E-state index in [1.54, 1.807) is 0 Å². The molecule has 252 valence electrons. The maximum atomic E-state index is 13.8. The summed E-state index contributed by atoms with van der Waals surface area (Å²) >= 11 is 13.7. The molecule has 0 spiro atoms. The highest BCUT2D eigenvalue weighted by atomic mass is 35.5. The normalized spacial score (nSPS) is 17.3. The number of carbonyl (C=O) groups is 2. The largest absolute Gasteiger partial charge is 0.619 e. The summed E-state index contributed by atoms with van der Waals surface area (Å²) in [5, 5.41) is 12.8. The van der Waals surface area contributed by atoms with Crippen molar-refractivity contribution in [3.8, 4) is 11.5 Å². The second kappa shape index (κ2) is 14.7. The number of ether oxygens (including phenoxy) is 3. The number of amides is 2. The molecule has 0 radical (unpaired) electrons. The van der Waals surface area contributed by atoms with Crippen LogP contribution in [-0.4, -0.2) is 55.6 Å². The first kappa shape index (κ1) is 34.8. The third-order valence-corrected chi connectivity index (χ3v) is 11.0. The zero-order valence-electron chi connectivity index (χ0n) is 24.3. The Morgan fingerprint density at radius 3 is 2.51 bits per heavy atom. The fourth-order valence-corrected chi connectivity index (χ4v) is 8.45. The van der Waals surface area contributed by atoms with Crippen LogP contribution in [-0.2, 0) is 26.0 Å². The van der Waals surface area contributed by atoms with E-state index in [0.717, 1.165) is 41.3 Å². The molecule has 3 aromatic rings. The van der Waals surface area contributed by atoms with E-state index in [1.807, 2.05) is 0 Å². The number of benzene rings is 2. The number of urea groups is 1. The van der Waals surface area contributed by atoms with Crippen LogP contribution in [0.5, 0.6) is 11.5 Å². The molecule has 1 aliphatic carbocycles. The molecule has 3 N–H and O–H groups in total. The SMILES string of the molecule is NC(=O)Nc1cccc(S(=O)(=O)N2CCSC2C(=O)OC(Cc2c(Cl)c[n+]([O-])cc2Cl)c2ccc(OC(F)F)c(OCC3CC3)c2)c1. The number of aromatic nitrogens is 1. The number of rotatable bonds is 13. The minimum Gasteiger partial charge on any atom is -0.619 e. The Morgan fingerprint density at radius 2 is 1.85 bits per heavy atom. The van der Waals surface area contributed by atoms with Crippen molar-refractivity contribution in [3.05, 3.63) is 81.2 Å². The first-order valence-corrected chi connectivity index (χ1v) is 17.3. The van der Waals surface area contributed by atoms with E-state index in [-0.39, 0.29) is 74.5 Å². The van der Waals surface area contributed by atoms with Crippen molar-refractivity contribution in [1.82, 2.24) is 4.31 Å². The number of esters is 1. The highest BCUT2D eigenvalue weighted by Crippen LogP contribution is 2.39. The van der Waals surface area contributed by atoms with Gasteiger partial charge in [0.05, 0.1) is 11.5 Å². The molecule has 2 fully saturated rings. The Balaban J connectivity index is 1.46. The third-order valence-electron chi connectivity index (χ3n) is 7.19. The zero-order chi connectivity index (χ0) is 33.9. The van der Waals surface area contributed by atoms with Gasteiger partial charge in [-0.2, -0.15) is 17.8 Å². The molecule has 2 atom stereocenters. The molecule has 2 unspecified atom stereocenters. The summed E-state index contributed by atoms with van der Waals surface area (Å²) in [5.74, 6) is -0.631. The van der Waals surface area contributed by atoms with E-state index < -0.39 is 40.1 Å². The minimum absolute atomic E-state index is 0.0118. The van der Waals surface area contributed by atoms with E-state index in [2.05, 4.69) is 10.1 Å². The number of primary amides is 1. The molecule has 18 heteroatoms. The lowest BCUT2D eigenvalue weighted by Gasteiger charge is -2.26. The summed E-state index contributed by atoms with van der Waals surface area (Å²) in [5.41, 5.74) is 5.82. The van der Waals surface area contributed by atoms with Gasteiger partial charge >= 0.3 is 18.6 Å². The highest BCUT2D eigenvalue weighted by Gasteiger charge is 2.42.